The van der Waals surface area contributed by atoms with Gasteiger partial charge in [-0.1, -0.05) is 0 Å². The fourth-order valence-electron chi connectivity index (χ4n) is 1.46. The van der Waals surface area contributed by atoms with Gasteiger partial charge in [-0.25, -0.2) is 0 Å². The van der Waals surface area contributed by atoms with Gasteiger partial charge in [0, 0.05) is 13.1 Å². The average Bonchev–Trinajstić information content (AvgIpc) is 2.04. The number of hydrogen-bond donors (Lipinski definition) is 1. The minimum Gasteiger partial charge on any atom is -0.480 e. The summed E-state index contributed by atoms with van der Waals surface area (Å²) in [5.74, 6) is -0.776. The Balaban J connectivity index is 2.64. The normalized spacial score (nSPS) is 25.9. The van der Waals surface area contributed by atoms with Gasteiger partial charge >= 0.3 is 5.97 Å². The summed E-state index contributed by atoms with van der Waals surface area (Å²) >= 11 is 0. The number of carboxylic acids is 1. The molecule has 13 heavy (non-hydrogen) atoms. The quantitative estimate of drug-likeness (QED) is 0.686. The van der Waals surface area contributed by atoms with Crippen LogP contribution in [0, 0.1) is 0 Å². The fraction of sp³-hybridized carbons (Fsp3) is 0.889. The van der Waals surface area contributed by atoms with Gasteiger partial charge in [0.15, 0.2) is 0 Å². The maximum atomic E-state index is 10.9. The van der Waals surface area contributed by atoms with E-state index in [1.165, 1.54) is 0 Å². The Hall–Kier alpha value is -0.610. The Bertz CT molecular complexity index is 203. The molecule has 0 bridgehead atoms. The lowest BCUT2D eigenvalue weighted by Gasteiger charge is -2.39. The number of rotatable bonds is 2. The number of aliphatic carboxylic acids is 1. The lowest BCUT2D eigenvalue weighted by molar-refractivity contribution is -0.154. The van der Waals surface area contributed by atoms with E-state index < -0.39 is 11.5 Å². The maximum Gasteiger partial charge on any atom is 0.323 e. The van der Waals surface area contributed by atoms with Crippen LogP contribution in [-0.4, -0.2) is 47.3 Å². The Morgan fingerprint density at radius 3 is 2.69 bits per heavy atom. The van der Waals surface area contributed by atoms with Crippen LogP contribution in [0.1, 0.15) is 20.8 Å². The van der Waals surface area contributed by atoms with Gasteiger partial charge < -0.3 is 9.84 Å². The molecular formula is C9H17NO3. The van der Waals surface area contributed by atoms with E-state index in [2.05, 4.69) is 0 Å². The summed E-state index contributed by atoms with van der Waals surface area (Å²) in [6.07, 6.45) is 0.132. The molecule has 0 aromatic carbocycles. The Kier molecular flexibility index (Phi) is 2.93. The molecule has 4 heteroatoms. The van der Waals surface area contributed by atoms with Crippen molar-refractivity contribution in [2.24, 2.45) is 0 Å². The molecule has 0 radical (unpaired) electrons. The Morgan fingerprint density at radius 2 is 2.23 bits per heavy atom. The molecule has 1 aliphatic heterocycles. The summed E-state index contributed by atoms with van der Waals surface area (Å²) in [7, 11) is 0. The van der Waals surface area contributed by atoms with Crippen LogP contribution in [-0.2, 0) is 9.53 Å². The Labute approximate surface area is 78.5 Å². The van der Waals surface area contributed by atoms with Gasteiger partial charge in [0.25, 0.3) is 0 Å². The first-order valence-electron chi connectivity index (χ1n) is 4.54. The summed E-state index contributed by atoms with van der Waals surface area (Å²) in [6, 6.07) is 0. The molecule has 4 nitrogen and oxygen atoms in total. The van der Waals surface area contributed by atoms with Crippen molar-refractivity contribution in [3.05, 3.63) is 0 Å². The van der Waals surface area contributed by atoms with Gasteiger partial charge in [-0.2, -0.15) is 0 Å². The van der Waals surface area contributed by atoms with E-state index in [1.807, 2.05) is 11.8 Å². The minimum atomic E-state index is -0.780. The van der Waals surface area contributed by atoms with Gasteiger partial charge in [-0.15, -0.1) is 0 Å². The van der Waals surface area contributed by atoms with E-state index in [0.29, 0.717) is 19.7 Å². The molecule has 1 unspecified atom stereocenters. The second-order valence-electron chi connectivity index (χ2n) is 3.99. The van der Waals surface area contributed by atoms with E-state index in [0.717, 1.165) is 0 Å². The third-order valence-electron chi connectivity index (χ3n) is 2.56. The van der Waals surface area contributed by atoms with Crippen molar-refractivity contribution >= 4 is 5.97 Å². The van der Waals surface area contributed by atoms with Crippen LogP contribution in [0.15, 0.2) is 0 Å². The third-order valence-corrected chi connectivity index (χ3v) is 2.56. The first-order chi connectivity index (χ1) is 5.94. The van der Waals surface area contributed by atoms with E-state index in [4.69, 9.17) is 9.84 Å². The van der Waals surface area contributed by atoms with Gasteiger partial charge in [0.2, 0.25) is 0 Å². The molecule has 0 aromatic rings. The van der Waals surface area contributed by atoms with Crippen molar-refractivity contribution in [2.45, 2.75) is 32.4 Å². The second kappa shape index (κ2) is 3.64. The fourth-order valence-corrected chi connectivity index (χ4v) is 1.46. The van der Waals surface area contributed by atoms with Crippen molar-refractivity contribution in [3.8, 4) is 0 Å². The molecule has 1 aliphatic rings. The average molecular weight is 187 g/mol. The van der Waals surface area contributed by atoms with E-state index in [1.54, 1.807) is 13.8 Å². The molecule has 0 aromatic heterocycles. The largest absolute Gasteiger partial charge is 0.480 e. The maximum absolute atomic E-state index is 10.9. The van der Waals surface area contributed by atoms with Gasteiger partial charge in [0.1, 0.15) is 5.54 Å². The molecule has 0 spiro atoms. The Morgan fingerprint density at radius 1 is 1.62 bits per heavy atom. The van der Waals surface area contributed by atoms with Crippen molar-refractivity contribution in [3.63, 3.8) is 0 Å². The van der Waals surface area contributed by atoms with Crippen LogP contribution in [0.3, 0.4) is 0 Å². The predicted octanol–water partition coefficient (Wildman–Crippen LogP) is 0.570. The lowest BCUT2D eigenvalue weighted by atomic mass is 10.0. The van der Waals surface area contributed by atoms with E-state index >= 15 is 0 Å². The van der Waals surface area contributed by atoms with Crippen LogP contribution in [0.5, 0.6) is 0 Å². The smallest absolute Gasteiger partial charge is 0.323 e. The molecule has 0 saturated carbocycles. The summed E-state index contributed by atoms with van der Waals surface area (Å²) in [5.41, 5.74) is -0.780. The number of carboxylic acid groups (broad SMARTS) is 1. The first kappa shape index (κ1) is 10.5. The van der Waals surface area contributed by atoms with Crippen LogP contribution >= 0.6 is 0 Å². The molecule has 1 heterocycles. The summed E-state index contributed by atoms with van der Waals surface area (Å²) in [6.45, 7) is 7.44. The molecule has 0 amide bonds. The molecule has 1 N–H and O–H groups in total. The molecule has 1 saturated heterocycles. The molecule has 0 aliphatic carbocycles. The molecular weight excluding hydrogens is 170 g/mol. The number of ether oxygens (including phenoxy) is 1. The van der Waals surface area contributed by atoms with Gasteiger partial charge in [-0.05, 0) is 20.8 Å². The lowest BCUT2D eigenvalue weighted by Crippen LogP contribution is -2.56. The number of nitrogens with zero attached hydrogens (tertiary/aromatic N) is 1. The summed E-state index contributed by atoms with van der Waals surface area (Å²) in [5, 5.41) is 9.00. The summed E-state index contributed by atoms with van der Waals surface area (Å²) in [4.78, 5) is 12.9. The molecule has 1 rings (SSSR count). The highest BCUT2D eigenvalue weighted by Gasteiger charge is 2.36. The highest BCUT2D eigenvalue weighted by atomic mass is 16.5. The molecule has 1 fully saturated rings. The SMILES string of the molecule is CC1CN(C(C)(C)C(=O)O)CCO1. The van der Waals surface area contributed by atoms with Crippen LogP contribution < -0.4 is 0 Å². The van der Waals surface area contributed by atoms with Crippen LogP contribution in [0.4, 0.5) is 0 Å². The van der Waals surface area contributed by atoms with Crippen LogP contribution in [0.25, 0.3) is 0 Å². The monoisotopic (exact) mass is 187 g/mol. The zero-order valence-corrected chi connectivity index (χ0v) is 8.41. The van der Waals surface area contributed by atoms with Gasteiger partial charge in [0.05, 0.1) is 12.7 Å². The standard InChI is InChI=1S/C9H17NO3/c1-7-6-10(4-5-13-7)9(2,3)8(11)12/h7H,4-6H2,1-3H3,(H,11,12). The van der Waals surface area contributed by atoms with E-state index in [-0.39, 0.29) is 6.10 Å². The predicted molar refractivity (Wildman–Crippen MR) is 48.7 cm³/mol. The third kappa shape index (κ3) is 2.19. The topological polar surface area (TPSA) is 49.8 Å². The second-order valence-corrected chi connectivity index (χ2v) is 3.99. The zero-order valence-electron chi connectivity index (χ0n) is 8.41. The van der Waals surface area contributed by atoms with Crippen molar-refractivity contribution in [2.75, 3.05) is 19.7 Å². The first-order valence-corrected chi connectivity index (χ1v) is 4.54. The number of morpholine rings is 1. The van der Waals surface area contributed by atoms with Gasteiger partial charge in [-0.3, -0.25) is 9.69 Å². The van der Waals surface area contributed by atoms with Crippen molar-refractivity contribution < 1.29 is 14.6 Å². The summed E-state index contributed by atoms with van der Waals surface area (Å²) < 4.78 is 5.35. The molecule has 1 atom stereocenters. The zero-order chi connectivity index (χ0) is 10.1. The van der Waals surface area contributed by atoms with Crippen LogP contribution in [0.2, 0.25) is 0 Å². The van der Waals surface area contributed by atoms with E-state index in [9.17, 15) is 4.79 Å². The molecule has 76 valence electrons. The number of hydrogen-bond acceptors (Lipinski definition) is 3. The van der Waals surface area contributed by atoms with Crippen molar-refractivity contribution in [1.82, 2.24) is 4.90 Å². The minimum absolute atomic E-state index is 0.132. The highest BCUT2D eigenvalue weighted by molar-refractivity contribution is 5.77. The highest BCUT2D eigenvalue weighted by Crippen LogP contribution is 2.18. The van der Waals surface area contributed by atoms with Crippen molar-refractivity contribution in [1.29, 1.82) is 0 Å². The number of carbonyl (C=O) groups is 1.